The molecule has 2 aromatic rings. The number of benzene rings is 1. The van der Waals surface area contributed by atoms with E-state index in [0.29, 0.717) is 4.47 Å². The van der Waals surface area contributed by atoms with E-state index in [2.05, 4.69) is 26.1 Å². The minimum atomic E-state index is -0.699. The summed E-state index contributed by atoms with van der Waals surface area (Å²) in [5.41, 5.74) is -0.206. The van der Waals surface area contributed by atoms with Crippen molar-refractivity contribution in [3.05, 3.63) is 32.7 Å². The lowest BCUT2D eigenvalue weighted by Crippen LogP contribution is -1.89. The van der Waals surface area contributed by atoms with Crippen molar-refractivity contribution in [2.45, 2.75) is 0 Å². The Balaban J connectivity index is 2.62. The molecule has 15 heavy (non-hydrogen) atoms. The summed E-state index contributed by atoms with van der Waals surface area (Å²) in [6.07, 6.45) is 0. The van der Waals surface area contributed by atoms with Crippen molar-refractivity contribution >= 4 is 38.9 Å². The van der Waals surface area contributed by atoms with Gasteiger partial charge in [0.05, 0.1) is 5.56 Å². The summed E-state index contributed by atoms with van der Waals surface area (Å²) < 4.78 is 27.3. The molecule has 78 valence electrons. The third kappa shape index (κ3) is 2.16. The first-order valence-corrected chi connectivity index (χ1v) is 5.70. The second kappa shape index (κ2) is 4.11. The topological polar surface area (TPSA) is 25.8 Å². The fourth-order valence-corrected chi connectivity index (χ4v) is 2.33. The van der Waals surface area contributed by atoms with E-state index in [0.717, 1.165) is 23.5 Å². The van der Waals surface area contributed by atoms with Crippen LogP contribution < -0.4 is 0 Å². The van der Waals surface area contributed by atoms with E-state index in [-0.39, 0.29) is 15.0 Å². The van der Waals surface area contributed by atoms with Gasteiger partial charge in [-0.1, -0.05) is 27.3 Å². The molecule has 0 aliphatic rings. The second-order valence-corrected chi connectivity index (χ2v) is 5.08. The van der Waals surface area contributed by atoms with Crippen molar-refractivity contribution in [2.75, 3.05) is 0 Å². The molecule has 0 bridgehead atoms. The van der Waals surface area contributed by atoms with Gasteiger partial charge in [-0.2, -0.15) is 0 Å². The molecule has 0 amide bonds. The molecule has 2 nitrogen and oxygen atoms in total. The summed E-state index contributed by atoms with van der Waals surface area (Å²) in [4.78, 5) is 0. The van der Waals surface area contributed by atoms with Gasteiger partial charge in [0.1, 0.15) is 11.6 Å². The minimum absolute atomic E-state index is 0.127. The average Bonchev–Trinajstić information content (AvgIpc) is 2.49. The largest absolute Gasteiger partial charge is 0.207 e. The van der Waals surface area contributed by atoms with Crippen molar-refractivity contribution in [3.63, 3.8) is 0 Å². The Morgan fingerprint density at radius 3 is 2.27 bits per heavy atom. The molecular weight excluding hydrogens is 310 g/mol. The number of hydrogen-bond donors (Lipinski definition) is 0. The first-order valence-electron chi connectivity index (χ1n) is 3.72. The van der Waals surface area contributed by atoms with Crippen LogP contribution in [0, 0.1) is 11.6 Å². The highest BCUT2D eigenvalue weighted by Crippen LogP contribution is 2.32. The Hall–Kier alpha value is -0.590. The fourth-order valence-electron chi connectivity index (χ4n) is 1.05. The molecule has 0 aliphatic carbocycles. The molecule has 0 spiro atoms. The highest BCUT2D eigenvalue weighted by Gasteiger charge is 2.16. The van der Waals surface area contributed by atoms with E-state index in [9.17, 15) is 8.78 Å². The fraction of sp³-hybridized carbons (Fsp3) is 0. The van der Waals surface area contributed by atoms with Crippen molar-refractivity contribution in [1.82, 2.24) is 10.2 Å². The van der Waals surface area contributed by atoms with Crippen LogP contribution in [-0.4, -0.2) is 10.2 Å². The molecule has 0 fully saturated rings. The highest BCUT2D eigenvalue weighted by molar-refractivity contribution is 9.10. The number of aromatic nitrogens is 2. The van der Waals surface area contributed by atoms with Gasteiger partial charge in [-0.3, -0.25) is 0 Å². The molecule has 1 aromatic heterocycles. The maximum atomic E-state index is 13.4. The summed E-state index contributed by atoms with van der Waals surface area (Å²) in [7, 11) is 0. The van der Waals surface area contributed by atoms with Gasteiger partial charge in [0.2, 0.25) is 4.47 Å². The van der Waals surface area contributed by atoms with E-state index in [1.165, 1.54) is 0 Å². The van der Waals surface area contributed by atoms with Crippen LogP contribution in [0.15, 0.2) is 16.6 Å². The van der Waals surface area contributed by atoms with Crippen molar-refractivity contribution in [3.8, 4) is 10.6 Å². The summed E-state index contributed by atoms with van der Waals surface area (Å²) >= 11 is 9.45. The third-order valence-electron chi connectivity index (χ3n) is 1.62. The quantitative estimate of drug-likeness (QED) is 0.798. The normalized spacial score (nSPS) is 10.7. The first kappa shape index (κ1) is 10.9. The molecule has 0 radical (unpaired) electrons. The van der Waals surface area contributed by atoms with Crippen LogP contribution >= 0.6 is 38.9 Å². The molecular formula is C8H2BrClF2N2S. The second-order valence-electron chi connectivity index (χ2n) is 2.60. The number of halogens is 4. The summed E-state index contributed by atoms with van der Waals surface area (Å²) in [6.45, 7) is 0. The maximum Gasteiger partial charge on any atom is 0.207 e. The van der Waals surface area contributed by atoms with Crippen LogP contribution in [0.3, 0.4) is 0 Å². The van der Waals surface area contributed by atoms with Gasteiger partial charge >= 0.3 is 0 Å². The first-order chi connectivity index (χ1) is 7.08. The molecule has 1 heterocycles. The van der Waals surface area contributed by atoms with E-state index in [1.54, 1.807) is 0 Å². The van der Waals surface area contributed by atoms with E-state index >= 15 is 0 Å². The average molecular weight is 312 g/mol. The molecule has 0 atom stereocenters. The van der Waals surface area contributed by atoms with Crippen molar-refractivity contribution in [1.29, 1.82) is 0 Å². The zero-order valence-corrected chi connectivity index (χ0v) is 10.1. The lowest BCUT2D eigenvalue weighted by molar-refractivity contribution is 0.587. The lowest BCUT2D eigenvalue weighted by atomic mass is 10.2. The Labute approximate surface area is 101 Å². The monoisotopic (exact) mass is 310 g/mol. The van der Waals surface area contributed by atoms with E-state index in [4.69, 9.17) is 11.6 Å². The van der Waals surface area contributed by atoms with Crippen LogP contribution in [-0.2, 0) is 0 Å². The predicted octanol–water partition coefficient (Wildman–Crippen LogP) is 3.90. The maximum absolute atomic E-state index is 13.4. The standard InChI is InChI=1S/C8H2BrClF2N2S/c9-3-1-4(11)6(5(12)2-3)7-13-14-8(10)15-7/h1-2H. The minimum Gasteiger partial charge on any atom is -0.206 e. The zero-order chi connectivity index (χ0) is 11.0. The van der Waals surface area contributed by atoms with Gasteiger partial charge < -0.3 is 0 Å². The number of nitrogens with zero attached hydrogens (tertiary/aromatic N) is 2. The molecule has 0 saturated heterocycles. The van der Waals surface area contributed by atoms with Gasteiger partial charge in [0.15, 0.2) is 5.01 Å². The van der Waals surface area contributed by atoms with Gasteiger partial charge in [-0.25, -0.2) is 8.78 Å². The molecule has 0 aliphatic heterocycles. The van der Waals surface area contributed by atoms with Gasteiger partial charge in [-0.15, -0.1) is 10.2 Å². The van der Waals surface area contributed by atoms with E-state index < -0.39 is 11.6 Å². The van der Waals surface area contributed by atoms with E-state index in [1.807, 2.05) is 0 Å². The van der Waals surface area contributed by atoms with Crippen LogP contribution in [0.1, 0.15) is 0 Å². The van der Waals surface area contributed by atoms with Gasteiger partial charge in [0.25, 0.3) is 0 Å². The van der Waals surface area contributed by atoms with Crippen LogP contribution in [0.25, 0.3) is 10.6 Å². The van der Waals surface area contributed by atoms with Gasteiger partial charge in [0, 0.05) is 4.47 Å². The molecule has 0 N–H and O–H groups in total. The SMILES string of the molecule is Fc1cc(Br)cc(F)c1-c1nnc(Cl)s1. The summed E-state index contributed by atoms with van der Waals surface area (Å²) in [5.74, 6) is -1.40. The predicted molar refractivity (Wildman–Crippen MR) is 58.0 cm³/mol. The van der Waals surface area contributed by atoms with Crippen molar-refractivity contribution in [2.24, 2.45) is 0 Å². The van der Waals surface area contributed by atoms with Crippen LogP contribution in [0.2, 0.25) is 4.47 Å². The third-order valence-corrected chi connectivity index (χ3v) is 3.12. The number of rotatable bonds is 1. The molecule has 7 heteroatoms. The molecule has 2 rings (SSSR count). The van der Waals surface area contributed by atoms with Crippen molar-refractivity contribution < 1.29 is 8.78 Å². The Morgan fingerprint density at radius 2 is 1.80 bits per heavy atom. The summed E-state index contributed by atoms with van der Waals surface area (Å²) in [6, 6.07) is 2.32. The summed E-state index contributed by atoms with van der Waals surface area (Å²) in [5, 5.41) is 7.19. The molecule has 0 saturated carbocycles. The molecule has 0 unspecified atom stereocenters. The number of hydrogen-bond acceptors (Lipinski definition) is 3. The Morgan fingerprint density at radius 1 is 1.20 bits per heavy atom. The highest BCUT2D eigenvalue weighted by atomic mass is 79.9. The van der Waals surface area contributed by atoms with Gasteiger partial charge in [-0.05, 0) is 23.7 Å². The Bertz CT molecular complexity index is 494. The Kier molecular flexibility index (Phi) is 2.99. The van der Waals surface area contributed by atoms with Crippen LogP contribution in [0.4, 0.5) is 8.78 Å². The molecule has 1 aromatic carbocycles. The zero-order valence-electron chi connectivity index (χ0n) is 6.97. The lowest BCUT2D eigenvalue weighted by Gasteiger charge is -2.00. The van der Waals surface area contributed by atoms with Crippen LogP contribution in [0.5, 0.6) is 0 Å². The smallest absolute Gasteiger partial charge is 0.206 e.